The van der Waals surface area contributed by atoms with Gasteiger partial charge in [0, 0.05) is 17.4 Å². The second-order valence-electron chi connectivity index (χ2n) is 5.62. The molecule has 138 valence electrons. The van der Waals surface area contributed by atoms with Crippen LogP contribution >= 0.6 is 11.6 Å². The number of ether oxygens (including phenoxy) is 2. The van der Waals surface area contributed by atoms with Crippen LogP contribution in [0.5, 0.6) is 11.5 Å². The van der Waals surface area contributed by atoms with E-state index in [-0.39, 0.29) is 12.5 Å². The van der Waals surface area contributed by atoms with Crippen molar-refractivity contribution in [2.75, 3.05) is 17.4 Å². The topological polar surface area (TPSA) is 59.6 Å². The number of alkyl halides is 3. The van der Waals surface area contributed by atoms with Gasteiger partial charge in [-0.15, -0.1) is 0 Å². The molecule has 1 aliphatic heterocycles. The van der Waals surface area contributed by atoms with Crippen LogP contribution < -0.4 is 20.1 Å². The van der Waals surface area contributed by atoms with E-state index in [1.165, 1.54) is 6.07 Å². The molecule has 26 heavy (non-hydrogen) atoms. The number of carbonyl (C=O) groups is 1. The molecule has 1 unspecified atom stereocenters. The Labute approximate surface area is 152 Å². The first-order valence-corrected chi connectivity index (χ1v) is 7.95. The van der Waals surface area contributed by atoms with Crippen LogP contribution in [-0.2, 0) is 11.0 Å². The molecule has 2 aromatic carbocycles. The van der Waals surface area contributed by atoms with E-state index in [1.54, 1.807) is 25.1 Å². The summed E-state index contributed by atoms with van der Waals surface area (Å²) in [5.41, 5.74) is -0.386. The molecule has 1 amide bonds. The summed E-state index contributed by atoms with van der Waals surface area (Å²) in [4.78, 5) is 12.3. The third-order valence-electron chi connectivity index (χ3n) is 3.69. The number of hydrogen-bond acceptors (Lipinski definition) is 4. The summed E-state index contributed by atoms with van der Waals surface area (Å²) in [6.45, 7) is 1.72. The van der Waals surface area contributed by atoms with Crippen molar-refractivity contribution in [2.45, 2.75) is 19.1 Å². The van der Waals surface area contributed by atoms with Crippen molar-refractivity contribution >= 4 is 28.9 Å². The molecule has 1 aliphatic rings. The summed E-state index contributed by atoms with van der Waals surface area (Å²) in [5, 5.41) is 4.96. The summed E-state index contributed by atoms with van der Waals surface area (Å²) >= 11 is 5.57. The predicted molar refractivity (Wildman–Crippen MR) is 90.7 cm³/mol. The van der Waals surface area contributed by atoms with Crippen molar-refractivity contribution in [3.05, 3.63) is 47.0 Å². The standard InChI is InChI=1S/C17H14ClF3N2O3/c1-9(22-11-3-5-14-15(7-11)26-8-25-14)16(24)23-10-2-4-13(18)12(6-10)17(19,20)21/h2-7,9,22H,8H2,1H3,(H,23,24). The Morgan fingerprint density at radius 1 is 1.12 bits per heavy atom. The van der Waals surface area contributed by atoms with Crippen LogP contribution in [-0.4, -0.2) is 18.7 Å². The van der Waals surface area contributed by atoms with Gasteiger partial charge in [0.05, 0.1) is 10.6 Å². The average molecular weight is 387 g/mol. The summed E-state index contributed by atoms with van der Waals surface area (Å²) in [5.74, 6) is 0.654. The lowest BCUT2D eigenvalue weighted by Gasteiger charge is -2.17. The summed E-state index contributed by atoms with van der Waals surface area (Å²) in [7, 11) is 0. The highest BCUT2D eigenvalue weighted by atomic mass is 35.5. The molecule has 2 N–H and O–H groups in total. The Hall–Kier alpha value is -2.61. The van der Waals surface area contributed by atoms with Gasteiger partial charge in [-0.3, -0.25) is 4.79 Å². The van der Waals surface area contributed by atoms with Crippen LogP contribution in [0.3, 0.4) is 0 Å². The van der Waals surface area contributed by atoms with E-state index in [0.717, 1.165) is 12.1 Å². The molecule has 0 spiro atoms. The summed E-state index contributed by atoms with van der Waals surface area (Å²) in [6, 6.07) is 7.58. The fourth-order valence-electron chi connectivity index (χ4n) is 2.37. The van der Waals surface area contributed by atoms with Crippen molar-refractivity contribution in [3.63, 3.8) is 0 Å². The highest BCUT2D eigenvalue weighted by molar-refractivity contribution is 6.31. The first kappa shape index (κ1) is 18.2. The zero-order valence-corrected chi connectivity index (χ0v) is 14.2. The number of anilines is 2. The Morgan fingerprint density at radius 3 is 2.54 bits per heavy atom. The van der Waals surface area contributed by atoms with Gasteiger partial charge in [-0.05, 0) is 37.3 Å². The number of rotatable bonds is 4. The molecule has 9 heteroatoms. The Bertz CT molecular complexity index is 842. The highest BCUT2D eigenvalue weighted by Crippen LogP contribution is 2.36. The van der Waals surface area contributed by atoms with Crippen molar-refractivity contribution in [1.29, 1.82) is 0 Å². The molecule has 0 bridgehead atoms. The van der Waals surface area contributed by atoms with Crippen molar-refractivity contribution in [3.8, 4) is 11.5 Å². The summed E-state index contributed by atoms with van der Waals surface area (Å²) < 4.78 is 49.1. The number of benzene rings is 2. The molecule has 1 heterocycles. The van der Waals surface area contributed by atoms with Crippen molar-refractivity contribution < 1.29 is 27.4 Å². The van der Waals surface area contributed by atoms with Crippen LogP contribution in [0.25, 0.3) is 0 Å². The van der Waals surface area contributed by atoms with Gasteiger partial charge in [0.1, 0.15) is 6.04 Å². The van der Waals surface area contributed by atoms with Gasteiger partial charge in [0.15, 0.2) is 11.5 Å². The van der Waals surface area contributed by atoms with Crippen molar-refractivity contribution in [2.24, 2.45) is 0 Å². The van der Waals surface area contributed by atoms with Gasteiger partial charge in [0.25, 0.3) is 0 Å². The number of amides is 1. The number of hydrogen-bond donors (Lipinski definition) is 2. The van der Waals surface area contributed by atoms with E-state index in [1.807, 2.05) is 0 Å². The number of nitrogens with one attached hydrogen (secondary N) is 2. The first-order valence-electron chi connectivity index (χ1n) is 7.58. The van der Waals surface area contributed by atoms with E-state index in [0.29, 0.717) is 17.2 Å². The van der Waals surface area contributed by atoms with Crippen LogP contribution in [0.2, 0.25) is 5.02 Å². The third kappa shape index (κ3) is 3.96. The zero-order valence-electron chi connectivity index (χ0n) is 13.5. The monoisotopic (exact) mass is 386 g/mol. The maximum Gasteiger partial charge on any atom is 0.417 e. The molecule has 1 atom stereocenters. The largest absolute Gasteiger partial charge is 0.454 e. The van der Waals surface area contributed by atoms with Crippen LogP contribution in [0, 0.1) is 0 Å². The molecule has 0 aromatic heterocycles. The molecule has 3 rings (SSSR count). The van der Waals surface area contributed by atoms with Gasteiger partial charge in [0.2, 0.25) is 12.7 Å². The maximum atomic E-state index is 12.9. The molecule has 0 aliphatic carbocycles. The number of carbonyl (C=O) groups excluding carboxylic acids is 1. The van der Waals surface area contributed by atoms with Gasteiger partial charge in [-0.25, -0.2) is 0 Å². The van der Waals surface area contributed by atoms with E-state index < -0.39 is 28.7 Å². The lowest BCUT2D eigenvalue weighted by Crippen LogP contribution is -2.31. The van der Waals surface area contributed by atoms with Gasteiger partial charge < -0.3 is 20.1 Å². The quantitative estimate of drug-likeness (QED) is 0.810. The molecule has 5 nitrogen and oxygen atoms in total. The number of halogens is 4. The fourth-order valence-corrected chi connectivity index (χ4v) is 2.60. The summed E-state index contributed by atoms with van der Waals surface area (Å²) in [6.07, 6.45) is -4.60. The van der Waals surface area contributed by atoms with E-state index in [4.69, 9.17) is 21.1 Å². The Kier molecular flexibility index (Phi) is 4.86. The highest BCUT2D eigenvalue weighted by Gasteiger charge is 2.33. The van der Waals surface area contributed by atoms with E-state index in [2.05, 4.69) is 10.6 Å². The predicted octanol–water partition coefficient (Wildman–Crippen LogP) is 4.53. The molecule has 0 fully saturated rings. The number of fused-ring (bicyclic) bond motifs is 1. The van der Waals surface area contributed by atoms with Gasteiger partial charge in [-0.1, -0.05) is 11.6 Å². The second kappa shape index (κ2) is 6.95. The molecule has 2 aromatic rings. The average Bonchev–Trinajstić information content (AvgIpc) is 3.03. The molecule has 0 saturated heterocycles. The minimum atomic E-state index is -4.60. The van der Waals surface area contributed by atoms with E-state index >= 15 is 0 Å². The molecular formula is C17H14ClF3N2O3. The van der Waals surface area contributed by atoms with Crippen molar-refractivity contribution in [1.82, 2.24) is 0 Å². The van der Waals surface area contributed by atoms with Gasteiger partial charge >= 0.3 is 6.18 Å². The van der Waals surface area contributed by atoms with Crippen LogP contribution in [0.1, 0.15) is 12.5 Å². The SMILES string of the molecule is CC(Nc1ccc2c(c1)OCO2)C(=O)Nc1ccc(Cl)c(C(F)(F)F)c1. The molecular weight excluding hydrogens is 373 g/mol. The lowest BCUT2D eigenvalue weighted by molar-refractivity contribution is -0.137. The van der Waals surface area contributed by atoms with Crippen LogP contribution in [0.15, 0.2) is 36.4 Å². The first-order chi connectivity index (χ1) is 12.2. The van der Waals surface area contributed by atoms with Gasteiger partial charge in [-0.2, -0.15) is 13.2 Å². The van der Waals surface area contributed by atoms with Crippen LogP contribution in [0.4, 0.5) is 24.5 Å². The maximum absolute atomic E-state index is 12.9. The minimum absolute atomic E-state index is 0.00561. The lowest BCUT2D eigenvalue weighted by atomic mass is 10.2. The Morgan fingerprint density at radius 2 is 1.81 bits per heavy atom. The zero-order chi connectivity index (χ0) is 18.9. The minimum Gasteiger partial charge on any atom is -0.454 e. The second-order valence-corrected chi connectivity index (χ2v) is 6.02. The fraction of sp³-hybridized carbons (Fsp3) is 0.235. The van der Waals surface area contributed by atoms with E-state index in [9.17, 15) is 18.0 Å². The third-order valence-corrected chi connectivity index (χ3v) is 4.02. The smallest absolute Gasteiger partial charge is 0.417 e. The molecule has 0 saturated carbocycles. The molecule has 0 radical (unpaired) electrons. The Balaban J connectivity index is 1.68. The normalized spacial score (nSPS) is 14.0.